The quantitative estimate of drug-likeness (QED) is 0.886. The number of nitrogens with zero attached hydrogens (tertiary/aromatic N) is 4. The third-order valence-electron chi connectivity index (χ3n) is 5.59. The molecule has 3 heterocycles. The van der Waals surface area contributed by atoms with Crippen LogP contribution in [0.4, 0.5) is 0 Å². The molecule has 8 heteroatoms. The van der Waals surface area contributed by atoms with E-state index in [1.54, 1.807) is 11.0 Å². The SMILES string of the molecule is CC(C)(C)c1cc2n(CC(=O)O)c3c(c(=O)n2n1)CN(C1CCCC1)C3=O. The number of carboxylic acid groups (broad SMARTS) is 1. The van der Waals surface area contributed by atoms with Gasteiger partial charge in [0.2, 0.25) is 0 Å². The zero-order valence-electron chi connectivity index (χ0n) is 15.9. The Labute approximate surface area is 156 Å². The average molecular weight is 372 g/mol. The summed E-state index contributed by atoms with van der Waals surface area (Å²) in [6.45, 7) is 5.77. The standard InChI is InChI=1S/C19H24N4O4/c1-19(2,3)13-8-14-22(10-15(24)25)16-12(17(26)23(14)20-13)9-21(18(16)27)11-6-4-5-7-11/h8,11H,4-7,9-10H2,1-3H3,(H,24,25). The van der Waals surface area contributed by atoms with E-state index < -0.39 is 5.97 Å². The molecule has 8 nitrogen and oxygen atoms in total. The van der Waals surface area contributed by atoms with E-state index in [0.717, 1.165) is 25.7 Å². The molecule has 1 aliphatic heterocycles. The van der Waals surface area contributed by atoms with Crippen molar-refractivity contribution in [3.8, 4) is 0 Å². The summed E-state index contributed by atoms with van der Waals surface area (Å²) in [6.07, 6.45) is 4.00. The largest absolute Gasteiger partial charge is 0.480 e. The number of amides is 1. The van der Waals surface area contributed by atoms with Gasteiger partial charge in [-0.2, -0.15) is 9.61 Å². The highest BCUT2D eigenvalue weighted by Gasteiger charge is 2.39. The molecule has 1 amide bonds. The fraction of sp³-hybridized carbons (Fsp3) is 0.579. The fourth-order valence-corrected chi connectivity index (χ4v) is 4.16. The zero-order chi connectivity index (χ0) is 19.5. The lowest BCUT2D eigenvalue weighted by molar-refractivity contribution is -0.137. The molecule has 0 radical (unpaired) electrons. The number of carboxylic acids is 1. The second-order valence-electron chi connectivity index (χ2n) is 8.53. The summed E-state index contributed by atoms with van der Waals surface area (Å²) in [5, 5.41) is 13.8. The van der Waals surface area contributed by atoms with Gasteiger partial charge in [-0.1, -0.05) is 33.6 Å². The number of fused-ring (bicyclic) bond motifs is 2. The Hall–Kier alpha value is -2.64. The summed E-state index contributed by atoms with van der Waals surface area (Å²) < 4.78 is 2.70. The van der Waals surface area contributed by atoms with Crippen LogP contribution in [-0.2, 0) is 23.3 Å². The van der Waals surface area contributed by atoms with E-state index in [1.165, 1.54) is 9.08 Å². The maximum Gasteiger partial charge on any atom is 0.323 e. The van der Waals surface area contributed by atoms with Crippen molar-refractivity contribution in [3.05, 3.63) is 33.4 Å². The molecule has 2 aromatic rings. The maximum absolute atomic E-state index is 13.1. The lowest BCUT2D eigenvalue weighted by atomic mass is 9.93. The van der Waals surface area contributed by atoms with Crippen LogP contribution in [0, 0.1) is 0 Å². The Morgan fingerprint density at radius 1 is 1.26 bits per heavy atom. The van der Waals surface area contributed by atoms with Gasteiger partial charge in [-0.3, -0.25) is 14.4 Å². The van der Waals surface area contributed by atoms with Crippen LogP contribution in [0.1, 0.15) is 68.2 Å². The summed E-state index contributed by atoms with van der Waals surface area (Å²) in [6, 6.07) is 1.84. The van der Waals surface area contributed by atoms with Crippen molar-refractivity contribution >= 4 is 17.5 Å². The van der Waals surface area contributed by atoms with Crippen LogP contribution in [-0.4, -0.2) is 42.1 Å². The van der Waals surface area contributed by atoms with Crippen molar-refractivity contribution in [1.82, 2.24) is 19.1 Å². The van der Waals surface area contributed by atoms with Crippen LogP contribution in [0.25, 0.3) is 5.65 Å². The summed E-state index contributed by atoms with van der Waals surface area (Å²) in [5.74, 6) is -1.30. The minimum atomic E-state index is -1.06. The van der Waals surface area contributed by atoms with E-state index in [2.05, 4.69) is 5.10 Å². The molecular weight excluding hydrogens is 348 g/mol. The first-order chi connectivity index (χ1) is 12.7. The van der Waals surface area contributed by atoms with Gasteiger partial charge in [0.1, 0.15) is 17.9 Å². The Balaban J connectivity index is 1.94. The molecule has 0 unspecified atom stereocenters. The van der Waals surface area contributed by atoms with Gasteiger partial charge in [0.25, 0.3) is 11.5 Å². The van der Waals surface area contributed by atoms with Crippen LogP contribution in [0.15, 0.2) is 10.9 Å². The van der Waals surface area contributed by atoms with Crippen molar-refractivity contribution in [3.63, 3.8) is 0 Å². The van der Waals surface area contributed by atoms with E-state index in [0.29, 0.717) is 16.9 Å². The summed E-state index contributed by atoms with van der Waals surface area (Å²) in [7, 11) is 0. The number of aliphatic carboxylic acids is 1. The normalized spacial score (nSPS) is 17.9. The van der Waals surface area contributed by atoms with Crippen molar-refractivity contribution in [2.45, 2.75) is 71.0 Å². The van der Waals surface area contributed by atoms with Crippen molar-refractivity contribution in [1.29, 1.82) is 0 Å². The van der Waals surface area contributed by atoms with E-state index in [9.17, 15) is 19.5 Å². The number of carbonyl (C=O) groups excluding carboxylic acids is 1. The van der Waals surface area contributed by atoms with Gasteiger partial charge in [0, 0.05) is 17.5 Å². The van der Waals surface area contributed by atoms with E-state index >= 15 is 0 Å². The van der Waals surface area contributed by atoms with Crippen LogP contribution in [0.2, 0.25) is 0 Å². The highest BCUT2D eigenvalue weighted by Crippen LogP contribution is 2.31. The van der Waals surface area contributed by atoms with Gasteiger partial charge in [-0.05, 0) is 12.8 Å². The van der Waals surface area contributed by atoms with Crippen LogP contribution >= 0.6 is 0 Å². The minimum absolute atomic E-state index is 0.125. The Morgan fingerprint density at radius 2 is 1.93 bits per heavy atom. The number of carbonyl (C=O) groups is 2. The Kier molecular flexibility index (Phi) is 3.90. The predicted octanol–water partition coefficient (Wildman–Crippen LogP) is 1.78. The lowest BCUT2D eigenvalue weighted by Crippen LogP contribution is -2.34. The molecule has 0 saturated heterocycles. The predicted molar refractivity (Wildman–Crippen MR) is 97.9 cm³/mol. The number of hydrogen-bond donors (Lipinski definition) is 1. The molecule has 2 aromatic heterocycles. The first-order valence-electron chi connectivity index (χ1n) is 9.37. The van der Waals surface area contributed by atoms with Gasteiger partial charge < -0.3 is 14.6 Å². The molecule has 144 valence electrons. The molecule has 2 aliphatic rings. The summed E-state index contributed by atoms with van der Waals surface area (Å²) in [5.41, 5.74) is 0.969. The molecular formula is C19H24N4O4. The molecule has 1 aliphatic carbocycles. The molecule has 0 aromatic carbocycles. The van der Waals surface area contributed by atoms with E-state index in [4.69, 9.17) is 0 Å². The van der Waals surface area contributed by atoms with E-state index in [-0.39, 0.29) is 41.7 Å². The second kappa shape index (κ2) is 5.94. The smallest absolute Gasteiger partial charge is 0.323 e. The van der Waals surface area contributed by atoms with Crippen molar-refractivity contribution in [2.24, 2.45) is 0 Å². The number of rotatable bonds is 3. The highest BCUT2D eigenvalue weighted by molar-refractivity contribution is 5.98. The second-order valence-corrected chi connectivity index (χ2v) is 8.53. The molecule has 0 atom stereocenters. The van der Waals surface area contributed by atoms with Gasteiger partial charge in [-0.25, -0.2) is 0 Å². The molecule has 4 rings (SSSR count). The van der Waals surface area contributed by atoms with Crippen molar-refractivity contribution < 1.29 is 14.7 Å². The minimum Gasteiger partial charge on any atom is -0.480 e. The monoisotopic (exact) mass is 372 g/mol. The topological polar surface area (TPSA) is 96.9 Å². The third-order valence-corrected chi connectivity index (χ3v) is 5.59. The number of hydrogen-bond acceptors (Lipinski definition) is 4. The fourth-order valence-electron chi connectivity index (χ4n) is 4.16. The van der Waals surface area contributed by atoms with Gasteiger partial charge in [0.15, 0.2) is 0 Å². The first-order valence-corrected chi connectivity index (χ1v) is 9.37. The van der Waals surface area contributed by atoms with Crippen molar-refractivity contribution in [2.75, 3.05) is 0 Å². The first kappa shape index (κ1) is 17.8. The summed E-state index contributed by atoms with van der Waals surface area (Å²) in [4.78, 5) is 39.4. The molecule has 27 heavy (non-hydrogen) atoms. The Bertz CT molecular complexity index is 1010. The van der Waals surface area contributed by atoms with Gasteiger partial charge >= 0.3 is 5.97 Å². The molecule has 0 bridgehead atoms. The third kappa shape index (κ3) is 2.74. The number of aromatic nitrogens is 3. The molecule has 1 N–H and O–H groups in total. The van der Waals surface area contributed by atoms with E-state index in [1.807, 2.05) is 20.8 Å². The maximum atomic E-state index is 13.1. The van der Waals surface area contributed by atoms with Crippen LogP contribution in [0.5, 0.6) is 0 Å². The van der Waals surface area contributed by atoms with Crippen LogP contribution < -0.4 is 5.56 Å². The summed E-state index contributed by atoms with van der Waals surface area (Å²) >= 11 is 0. The molecule has 1 saturated carbocycles. The zero-order valence-corrected chi connectivity index (χ0v) is 15.9. The van der Waals surface area contributed by atoms with Gasteiger partial charge in [-0.15, -0.1) is 0 Å². The Morgan fingerprint density at radius 3 is 2.52 bits per heavy atom. The molecule has 1 fully saturated rings. The molecule has 0 spiro atoms. The lowest BCUT2D eigenvalue weighted by Gasteiger charge is -2.23. The van der Waals surface area contributed by atoms with Gasteiger partial charge in [0.05, 0.1) is 17.8 Å². The van der Waals surface area contributed by atoms with Crippen LogP contribution in [0.3, 0.4) is 0 Å². The highest BCUT2D eigenvalue weighted by atomic mass is 16.4. The average Bonchev–Trinajstić information content (AvgIpc) is 3.29.